The molecule has 2 aromatic rings. The van der Waals surface area contributed by atoms with Crippen LogP contribution in [0.1, 0.15) is 31.1 Å². The number of hydrogen-bond acceptors (Lipinski definition) is 7. The largest absolute Gasteiger partial charge is 0.870 e. The molecule has 1 aromatic carbocycles. The number of carbonyl (C=O) groups excluding carboxylic acids is 3. The first-order valence-electron chi connectivity index (χ1n) is 7.71. The van der Waals surface area contributed by atoms with Crippen molar-refractivity contribution in [2.45, 2.75) is 27.3 Å². The highest BCUT2D eigenvalue weighted by molar-refractivity contribution is 6.44. The number of rotatable bonds is 5. The van der Waals surface area contributed by atoms with Crippen LogP contribution in [0.25, 0.3) is 10.9 Å². The third-order valence-electron chi connectivity index (χ3n) is 3.41. The Hall–Kier alpha value is -2.52. The Kier molecular flexibility index (Phi) is 6.51. The lowest BCUT2D eigenvalue weighted by Gasteiger charge is -2.14. The monoisotopic (exact) mass is 413 g/mol. The van der Waals surface area contributed by atoms with Crippen LogP contribution in [0, 0.1) is 0 Å². The van der Waals surface area contributed by atoms with Crippen molar-refractivity contribution in [3.8, 4) is 0 Å². The summed E-state index contributed by atoms with van der Waals surface area (Å²) in [5.74, 6) is -2.83. The topological polar surface area (TPSA) is 101 Å². The average Bonchev–Trinajstić information content (AvgIpc) is 2.55. The molecule has 142 valence electrons. The molecule has 8 nitrogen and oxygen atoms in total. The highest BCUT2D eigenvalue weighted by Gasteiger charge is 2.35. The van der Waals surface area contributed by atoms with Crippen LogP contribution < -0.4 is 5.43 Å². The van der Waals surface area contributed by atoms with Gasteiger partial charge in [0.25, 0.3) is 11.9 Å². The Balaban J connectivity index is 2.50. The van der Waals surface area contributed by atoms with Crippen molar-refractivity contribution in [2.75, 3.05) is 0 Å². The van der Waals surface area contributed by atoms with Gasteiger partial charge in [-0.05, 0) is 19.1 Å². The molecule has 0 fully saturated rings. The van der Waals surface area contributed by atoms with Gasteiger partial charge >= 0.3 is 13.3 Å². The molecule has 2 rings (SSSR count). The summed E-state index contributed by atoms with van der Waals surface area (Å²) in [5, 5.41) is 0.551. The standard InChI is InChI=1S/C16H14BCl2NO7/c1-4-20-7-11(15(23)10-5-12(18)13(19)6-14(10)20)16(24)27-17(25-8(2)21)26-9(3)22/h5-7H,4H2,1-3H3. The molecule has 1 heterocycles. The predicted molar refractivity (Wildman–Crippen MR) is 98.6 cm³/mol. The van der Waals surface area contributed by atoms with Crippen LogP contribution in [0.3, 0.4) is 0 Å². The fourth-order valence-electron chi connectivity index (χ4n) is 2.29. The molecule has 0 radical (unpaired) electrons. The summed E-state index contributed by atoms with van der Waals surface area (Å²) in [6.07, 6.45) is 1.27. The molecule has 0 spiro atoms. The van der Waals surface area contributed by atoms with E-state index in [9.17, 15) is 19.2 Å². The minimum Gasteiger partial charge on any atom is -0.462 e. The van der Waals surface area contributed by atoms with Crippen molar-refractivity contribution < 1.29 is 28.3 Å². The molecule has 0 amide bonds. The van der Waals surface area contributed by atoms with Crippen LogP contribution in [0.4, 0.5) is 0 Å². The van der Waals surface area contributed by atoms with Crippen molar-refractivity contribution in [3.05, 3.63) is 44.2 Å². The zero-order valence-corrected chi connectivity index (χ0v) is 16.1. The molecule has 0 bridgehead atoms. The maximum atomic E-state index is 12.7. The van der Waals surface area contributed by atoms with E-state index in [-0.39, 0.29) is 21.0 Å². The van der Waals surface area contributed by atoms with Crippen LogP contribution in [0.15, 0.2) is 23.1 Å². The SMILES string of the molecule is CCn1cc(C(=O)OB(OC(C)=O)OC(C)=O)c(=O)c2cc(Cl)c(Cl)cc21. The zero-order chi connectivity index (χ0) is 20.3. The Morgan fingerprint density at radius 3 is 2.11 bits per heavy atom. The first-order valence-corrected chi connectivity index (χ1v) is 8.47. The predicted octanol–water partition coefficient (Wildman–Crippen LogP) is 2.60. The quantitative estimate of drug-likeness (QED) is 0.694. The van der Waals surface area contributed by atoms with Crippen molar-refractivity contribution in [1.29, 1.82) is 0 Å². The van der Waals surface area contributed by atoms with Crippen LogP contribution in [-0.2, 0) is 30.1 Å². The first kappa shape index (κ1) is 20.8. The van der Waals surface area contributed by atoms with E-state index >= 15 is 0 Å². The Bertz CT molecular complexity index is 973. The summed E-state index contributed by atoms with van der Waals surface area (Å²) in [5.41, 5.74) is -0.542. The lowest BCUT2D eigenvalue weighted by atomic mass is 10.1. The highest BCUT2D eigenvalue weighted by atomic mass is 35.5. The minimum absolute atomic E-state index is 0.145. The molecule has 0 atom stereocenters. The number of benzene rings is 1. The maximum absolute atomic E-state index is 12.7. The van der Waals surface area contributed by atoms with Crippen molar-refractivity contribution in [1.82, 2.24) is 4.57 Å². The van der Waals surface area contributed by atoms with Gasteiger partial charge < -0.3 is 18.5 Å². The summed E-state index contributed by atoms with van der Waals surface area (Å²) >= 11 is 12.0. The summed E-state index contributed by atoms with van der Waals surface area (Å²) in [7, 11) is -1.91. The number of aromatic nitrogens is 1. The third-order valence-corrected chi connectivity index (χ3v) is 4.13. The molecule has 0 N–H and O–H groups in total. The Morgan fingerprint density at radius 2 is 1.59 bits per heavy atom. The number of aryl methyl sites for hydroxylation is 1. The number of carbonyl (C=O) groups is 3. The average molecular weight is 414 g/mol. The number of nitrogens with zero attached hydrogens (tertiary/aromatic N) is 1. The van der Waals surface area contributed by atoms with Gasteiger partial charge in [-0.3, -0.25) is 14.4 Å². The van der Waals surface area contributed by atoms with Crippen LogP contribution in [-0.4, -0.2) is 29.8 Å². The van der Waals surface area contributed by atoms with E-state index in [1.807, 2.05) is 0 Å². The lowest BCUT2D eigenvalue weighted by molar-refractivity contribution is -0.139. The van der Waals surface area contributed by atoms with E-state index in [1.54, 1.807) is 11.5 Å². The molecule has 1 aromatic heterocycles. The summed E-state index contributed by atoms with van der Waals surface area (Å²) in [6, 6.07) is 2.86. The smallest absolute Gasteiger partial charge is 0.462 e. The van der Waals surface area contributed by atoms with Gasteiger partial charge in [0.15, 0.2) is 0 Å². The molecule has 0 saturated carbocycles. The fourth-order valence-corrected chi connectivity index (χ4v) is 2.61. The van der Waals surface area contributed by atoms with Crippen LogP contribution in [0.2, 0.25) is 10.0 Å². The molecule has 0 aliphatic rings. The second-order valence-corrected chi connectivity index (χ2v) is 6.17. The van der Waals surface area contributed by atoms with Crippen LogP contribution in [0.5, 0.6) is 0 Å². The van der Waals surface area contributed by atoms with Crippen LogP contribution >= 0.6 is 23.2 Å². The Morgan fingerprint density at radius 1 is 1.04 bits per heavy atom. The number of hydrogen-bond donors (Lipinski definition) is 0. The van der Waals surface area contributed by atoms with E-state index in [2.05, 4.69) is 9.31 Å². The second kappa shape index (κ2) is 8.45. The molecule has 0 unspecified atom stereocenters. The van der Waals surface area contributed by atoms with Gasteiger partial charge in [0.05, 0.1) is 15.6 Å². The summed E-state index contributed by atoms with van der Waals surface area (Å²) in [4.78, 5) is 47.3. The van der Waals surface area contributed by atoms with E-state index in [0.717, 1.165) is 13.8 Å². The molecule has 0 saturated heterocycles. The van der Waals surface area contributed by atoms with Gasteiger partial charge in [-0.25, -0.2) is 4.79 Å². The van der Waals surface area contributed by atoms with Crippen molar-refractivity contribution in [3.63, 3.8) is 0 Å². The minimum atomic E-state index is -1.91. The first-order chi connectivity index (χ1) is 12.6. The second-order valence-electron chi connectivity index (χ2n) is 5.35. The molecule has 27 heavy (non-hydrogen) atoms. The Labute approximate surface area is 164 Å². The molecular formula is C16H14BCl2NO7. The fraction of sp³-hybridized carbons (Fsp3) is 0.250. The number of fused-ring (bicyclic) bond motifs is 1. The number of pyridine rings is 1. The van der Waals surface area contributed by atoms with E-state index in [0.29, 0.717) is 12.1 Å². The van der Waals surface area contributed by atoms with Gasteiger partial charge in [-0.2, -0.15) is 0 Å². The normalized spacial score (nSPS) is 10.4. The maximum Gasteiger partial charge on any atom is 0.870 e. The third kappa shape index (κ3) is 4.81. The lowest BCUT2D eigenvalue weighted by Crippen LogP contribution is -2.35. The van der Waals surface area contributed by atoms with Crippen molar-refractivity contribution in [2.24, 2.45) is 0 Å². The van der Waals surface area contributed by atoms with Crippen molar-refractivity contribution >= 4 is 59.3 Å². The van der Waals surface area contributed by atoms with Gasteiger partial charge in [0.1, 0.15) is 5.56 Å². The molecular weight excluding hydrogens is 400 g/mol. The van der Waals surface area contributed by atoms with Gasteiger partial charge in [0.2, 0.25) is 5.43 Å². The van der Waals surface area contributed by atoms with Gasteiger partial charge in [-0.1, -0.05) is 23.2 Å². The zero-order valence-electron chi connectivity index (χ0n) is 14.6. The number of halogens is 2. The molecule has 11 heteroatoms. The molecule has 0 aliphatic carbocycles. The van der Waals surface area contributed by atoms with E-state index in [1.165, 1.54) is 18.3 Å². The van der Waals surface area contributed by atoms with E-state index in [4.69, 9.17) is 27.9 Å². The van der Waals surface area contributed by atoms with Gasteiger partial charge in [-0.15, -0.1) is 0 Å². The molecule has 0 aliphatic heterocycles. The van der Waals surface area contributed by atoms with E-state index < -0.39 is 30.7 Å². The summed E-state index contributed by atoms with van der Waals surface area (Å²) < 4.78 is 15.6. The summed E-state index contributed by atoms with van der Waals surface area (Å²) in [6.45, 7) is 4.28. The van der Waals surface area contributed by atoms with Gasteiger partial charge in [0, 0.05) is 32.0 Å². The highest BCUT2D eigenvalue weighted by Crippen LogP contribution is 2.26.